The zero-order valence-corrected chi connectivity index (χ0v) is 18.4. The van der Waals surface area contributed by atoms with Gasteiger partial charge in [0.15, 0.2) is 11.5 Å². The topological polar surface area (TPSA) is 74.9 Å². The number of likely N-dealkylation sites (tertiary alicyclic amines) is 1. The number of hydrogen-bond acceptors (Lipinski definition) is 4. The predicted octanol–water partition coefficient (Wildman–Crippen LogP) is 3.28. The fourth-order valence-electron chi connectivity index (χ4n) is 5.09. The molecule has 1 aromatic heterocycles. The lowest BCUT2D eigenvalue weighted by Gasteiger charge is -2.37. The number of para-hydroxylation sites is 2. The van der Waals surface area contributed by atoms with Gasteiger partial charge < -0.3 is 24.3 Å². The number of aromatic nitrogens is 1. The summed E-state index contributed by atoms with van der Waals surface area (Å²) in [7, 11) is 3.23. The molecule has 3 heterocycles. The Labute approximate surface area is 186 Å². The number of benzene rings is 2. The molecule has 0 spiro atoms. The molecule has 2 amide bonds. The van der Waals surface area contributed by atoms with Crippen LogP contribution < -0.4 is 9.47 Å². The van der Waals surface area contributed by atoms with Gasteiger partial charge in [0.05, 0.1) is 20.8 Å². The van der Waals surface area contributed by atoms with Crippen LogP contribution in [-0.4, -0.2) is 60.5 Å². The van der Waals surface area contributed by atoms with Crippen LogP contribution in [0.1, 0.15) is 35.7 Å². The molecule has 0 bridgehead atoms. The average Bonchev–Trinajstić information content (AvgIpc) is 3.40. The van der Waals surface area contributed by atoms with Crippen LogP contribution in [0.15, 0.2) is 42.5 Å². The maximum Gasteiger partial charge on any atom is 0.243 e. The Morgan fingerprint density at radius 2 is 1.91 bits per heavy atom. The number of hydrogen-bond donors (Lipinski definition) is 1. The Morgan fingerprint density at radius 1 is 1.06 bits per heavy atom. The summed E-state index contributed by atoms with van der Waals surface area (Å²) in [5.41, 5.74) is 4.12. The highest BCUT2D eigenvalue weighted by atomic mass is 16.5. The molecule has 1 N–H and O–H groups in total. The van der Waals surface area contributed by atoms with Crippen LogP contribution >= 0.6 is 0 Å². The number of methoxy groups -OCH3 is 2. The summed E-state index contributed by atoms with van der Waals surface area (Å²) >= 11 is 0. The van der Waals surface area contributed by atoms with E-state index < -0.39 is 0 Å². The molecule has 166 valence electrons. The lowest BCUT2D eigenvalue weighted by atomic mass is 9.91. The molecule has 2 aliphatic heterocycles. The number of H-pyrrole nitrogens is 1. The molecule has 2 aliphatic rings. The van der Waals surface area contributed by atoms with Crippen molar-refractivity contribution >= 4 is 22.7 Å². The van der Waals surface area contributed by atoms with Crippen molar-refractivity contribution < 1.29 is 19.1 Å². The molecule has 0 radical (unpaired) electrons. The number of nitrogens with one attached hydrogen (secondary N) is 1. The standard InChI is InChI=1S/C25H27N3O4/c1-31-20-10-5-8-18(25(20)32-2)24-23-17(16-7-3-4-9-19(16)26-23)12-14-28(24)22(30)15-27-13-6-11-21(27)29/h3-5,7-10,24,26H,6,11-15H2,1-2H3. The number of nitrogens with zero attached hydrogens (tertiary/aromatic N) is 2. The van der Waals surface area contributed by atoms with Crippen LogP contribution in [0.2, 0.25) is 0 Å². The minimum absolute atomic E-state index is 0.0529. The molecular formula is C25H27N3O4. The van der Waals surface area contributed by atoms with Crippen molar-refractivity contribution in [1.82, 2.24) is 14.8 Å². The largest absolute Gasteiger partial charge is 0.493 e. The summed E-state index contributed by atoms with van der Waals surface area (Å²) in [6, 6.07) is 13.6. The van der Waals surface area contributed by atoms with Crippen molar-refractivity contribution in [1.29, 1.82) is 0 Å². The summed E-state index contributed by atoms with van der Waals surface area (Å²) in [4.78, 5) is 32.8. The third-order valence-corrected chi connectivity index (χ3v) is 6.58. The Kier molecular flexibility index (Phi) is 5.25. The Hall–Kier alpha value is -3.48. The van der Waals surface area contributed by atoms with E-state index in [1.165, 1.54) is 10.9 Å². The number of ether oxygens (including phenoxy) is 2. The lowest BCUT2D eigenvalue weighted by molar-refractivity contribution is -0.139. The van der Waals surface area contributed by atoms with E-state index >= 15 is 0 Å². The molecular weight excluding hydrogens is 406 g/mol. The highest BCUT2D eigenvalue weighted by Gasteiger charge is 2.37. The van der Waals surface area contributed by atoms with Gasteiger partial charge in [0.25, 0.3) is 0 Å². The Bertz CT molecular complexity index is 1190. The molecule has 0 aliphatic carbocycles. The van der Waals surface area contributed by atoms with Crippen LogP contribution in [0.25, 0.3) is 10.9 Å². The second kappa shape index (κ2) is 8.22. The second-order valence-electron chi connectivity index (χ2n) is 8.30. The molecule has 3 aromatic rings. The van der Waals surface area contributed by atoms with Crippen molar-refractivity contribution in [2.75, 3.05) is 33.9 Å². The Morgan fingerprint density at radius 3 is 2.66 bits per heavy atom. The van der Waals surface area contributed by atoms with Crippen molar-refractivity contribution in [3.63, 3.8) is 0 Å². The third-order valence-electron chi connectivity index (χ3n) is 6.58. The first-order valence-electron chi connectivity index (χ1n) is 11.0. The third kappa shape index (κ3) is 3.28. The van der Waals surface area contributed by atoms with E-state index in [4.69, 9.17) is 9.47 Å². The summed E-state index contributed by atoms with van der Waals surface area (Å²) in [5.74, 6) is 1.23. The van der Waals surface area contributed by atoms with Crippen molar-refractivity contribution in [2.24, 2.45) is 0 Å². The molecule has 0 saturated carbocycles. The van der Waals surface area contributed by atoms with Crippen LogP contribution in [0.4, 0.5) is 0 Å². The fraction of sp³-hybridized carbons (Fsp3) is 0.360. The molecule has 1 atom stereocenters. The number of fused-ring (bicyclic) bond motifs is 3. The summed E-state index contributed by atoms with van der Waals surface area (Å²) in [5, 5.41) is 1.18. The average molecular weight is 434 g/mol. The SMILES string of the molecule is COc1cccc(C2c3[nH]c4ccccc4c3CCN2C(=O)CN2CCCC2=O)c1OC. The van der Waals surface area contributed by atoms with Gasteiger partial charge >= 0.3 is 0 Å². The first-order valence-corrected chi connectivity index (χ1v) is 11.0. The van der Waals surface area contributed by atoms with Gasteiger partial charge in [-0.25, -0.2) is 0 Å². The summed E-state index contributed by atoms with van der Waals surface area (Å²) in [6.07, 6.45) is 2.08. The normalized spacial score (nSPS) is 18.2. The van der Waals surface area contributed by atoms with E-state index in [0.29, 0.717) is 31.0 Å². The van der Waals surface area contributed by atoms with Crippen LogP contribution in [0.5, 0.6) is 11.5 Å². The second-order valence-corrected chi connectivity index (χ2v) is 8.30. The van der Waals surface area contributed by atoms with Crippen molar-refractivity contribution in [2.45, 2.75) is 25.3 Å². The van der Waals surface area contributed by atoms with Gasteiger partial charge in [0, 0.05) is 41.7 Å². The molecule has 1 fully saturated rings. The summed E-state index contributed by atoms with van der Waals surface area (Å²) < 4.78 is 11.3. The highest BCUT2D eigenvalue weighted by Crippen LogP contribution is 2.44. The van der Waals surface area contributed by atoms with Gasteiger partial charge in [-0.2, -0.15) is 0 Å². The summed E-state index contributed by atoms with van der Waals surface area (Å²) in [6.45, 7) is 1.32. The molecule has 1 unspecified atom stereocenters. The number of carbonyl (C=O) groups excluding carboxylic acids is 2. The van der Waals surface area contributed by atoms with Gasteiger partial charge in [-0.05, 0) is 30.5 Å². The molecule has 7 heteroatoms. The zero-order valence-electron chi connectivity index (χ0n) is 18.4. The maximum absolute atomic E-state index is 13.5. The van der Waals surface area contributed by atoms with E-state index in [0.717, 1.165) is 29.6 Å². The van der Waals surface area contributed by atoms with E-state index in [1.54, 1.807) is 19.1 Å². The predicted molar refractivity (Wildman–Crippen MR) is 121 cm³/mol. The van der Waals surface area contributed by atoms with E-state index in [2.05, 4.69) is 17.1 Å². The quantitative estimate of drug-likeness (QED) is 0.670. The minimum Gasteiger partial charge on any atom is -0.493 e. The van der Waals surface area contributed by atoms with Gasteiger partial charge in [0.2, 0.25) is 11.8 Å². The number of rotatable bonds is 5. The smallest absolute Gasteiger partial charge is 0.243 e. The fourth-order valence-corrected chi connectivity index (χ4v) is 5.09. The number of aromatic amines is 1. The molecule has 7 nitrogen and oxygen atoms in total. The van der Waals surface area contributed by atoms with Gasteiger partial charge in [-0.1, -0.05) is 30.3 Å². The maximum atomic E-state index is 13.5. The van der Waals surface area contributed by atoms with Gasteiger partial charge in [-0.3, -0.25) is 9.59 Å². The molecule has 2 aromatic carbocycles. The van der Waals surface area contributed by atoms with Crippen molar-refractivity contribution in [3.8, 4) is 11.5 Å². The van der Waals surface area contributed by atoms with Gasteiger partial charge in [0.1, 0.15) is 6.04 Å². The van der Waals surface area contributed by atoms with Crippen molar-refractivity contribution in [3.05, 3.63) is 59.3 Å². The van der Waals surface area contributed by atoms with Crippen LogP contribution in [0, 0.1) is 0 Å². The molecule has 32 heavy (non-hydrogen) atoms. The Balaban J connectivity index is 1.63. The molecule has 1 saturated heterocycles. The van der Waals surface area contributed by atoms with Gasteiger partial charge in [-0.15, -0.1) is 0 Å². The van der Waals surface area contributed by atoms with E-state index in [1.807, 2.05) is 35.2 Å². The number of amides is 2. The van der Waals surface area contributed by atoms with Crippen LogP contribution in [-0.2, 0) is 16.0 Å². The minimum atomic E-state index is -0.360. The highest BCUT2D eigenvalue weighted by molar-refractivity contribution is 5.89. The lowest BCUT2D eigenvalue weighted by Crippen LogP contribution is -2.46. The first kappa shape index (κ1) is 20.4. The van der Waals surface area contributed by atoms with E-state index in [9.17, 15) is 9.59 Å². The monoisotopic (exact) mass is 433 g/mol. The molecule has 5 rings (SSSR count). The van der Waals surface area contributed by atoms with E-state index in [-0.39, 0.29) is 24.4 Å². The zero-order chi connectivity index (χ0) is 22.2. The first-order chi connectivity index (χ1) is 15.6. The number of carbonyl (C=O) groups is 2. The van der Waals surface area contributed by atoms with Crippen LogP contribution in [0.3, 0.4) is 0 Å².